The molecule has 0 saturated heterocycles. The van der Waals surface area contributed by atoms with Crippen LogP contribution in [0.15, 0.2) is 36.4 Å². The first-order chi connectivity index (χ1) is 17.3. The van der Waals surface area contributed by atoms with Gasteiger partial charge in [-0.2, -0.15) is 0 Å². The zero-order chi connectivity index (χ0) is 25.8. The first kappa shape index (κ1) is 25.3. The van der Waals surface area contributed by atoms with Crippen LogP contribution >= 0.6 is 0 Å². The highest BCUT2D eigenvalue weighted by Gasteiger charge is 2.21. The van der Waals surface area contributed by atoms with E-state index >= 15 is 0 Å². The van der Waals surface area contributed by atoms with E-state index in [1.807, 2.05) is 26.8 Å². The molecule has 1 amide bonds. The number of hydrogen-bond donors (Lipinski definition) is 3. The van der Waals surface area contributed by atoms with Crippen molar-refractivity contribution in [1.82, 2.24) is 15.3 Å². The highest BCUT2D eigenvalue weighted by Crippen LogP contribution is 2.28. The van der Waals surface area contributed by atoms with Crippen molar-refractivity contribution in [2.24, 2.45) is 0 Å². The lowest BCUT2D eigenvalue weighted by Gasteiger charge is -2.17. The number of ether oxygens (including phenoxy) is 2. The Kier molecular flexibility index (Phi) is 7.62. The Labute approximate surface area is 209 Å². The first-order valence-corrected chi connectivity index (χ1v) is 12.3. The van der Waals surface area contributed by atoms with E-state index in [0.29, 0.717) is 43.0 Å². The van der Waals surface area contributed by atoms with E-state index in [1.54, 1.807) is 31.2 Å². The molecule has 190 valence electrons. The molecule has 36 heavy (non-hydrogen) atoms. The summed E-state index contributed by atoms with van der Waals surface area (Å²) in [6.07, 6.45) is 1.24. The number of rotatable bonds is 10. The molecule has 0 spiro atoms. The molecule has 0 aliphatic carbocycles. The number of nitrogens with one attached hydrogen (secondary N) is 3. The summed E-state index contributed by atoms with van der Waals surface area (Å²) < 4.78 is 25.2. The molecule has 0 bridgehead atoms. The summed E-state index contributed by atoms with van der Waals surface area (Å²) in [5, 5.41) is 4.68. The van der Waals surface area contributed by atoms with E-state index in [9.17, 15) is 14.0 Å². The Bertz CT molecular complexity index is 1410. The van der Waals surface area contributed by atoms with E-state index in [2.05, 4.69) is 15.3 Å². The maximum Gasteiger partial charge on any atom is 0.347 e. The van der Waals surface area contributed by atoms with Crippen molar-refractivity contribution >= 4 is 33.7 Å². The van der Waals surface area contributed by atoms with Crippen molar-refractivity contribution in [3.05, 3.63) is 64.7 Å². The zero-order valence-corrected chi connectivity index (χ0v) is 21.1. The maximum absolute atomic E-state index is 14.2. The highest BCUT2D eigenvalue weighted by atomic mass is 19.1. The van der Waals surface area contributed by atoms with Crippen LogP contribution in [-0.4, -0.2) is 41.1 Å². The minimum absolute atomic E-state index is 0.232. The monoisotopic (exact) mass is 493 g/mol. The number of carbonyl (C=O) groups is 2. The van der Waals surface area contributed by atoms with Crippen molar-refractivity contribution in [2.75, 3.05) is 13.2 Å². The quantitative estimate of drug-likeness (QED) is 0.255. The number of halogens is 1. The van der Waals surface area contributed by atoms with Gasteiger partial charge in [0.1, 0.15) is 17.3 Å². The van der Waals surface area contributed by atoms with Gasteiger partial charge in [0.2, 0.25) is 0 Å². The fourth-order valence-electron chi connectivity index (χ4n) is 4.54. The number of aryl methyl sites for hydroxylation is 2. The van der Waals surface area contributed by atoms with Crippen molar-refractivity contribution in [2.45, 2.75) is 53.1 Å². The van der Waals surface area contributed by atoms with Crippen LogP contribution < -0.4 is 10.1 Å². The van der Waals surface area contributed by atoms with Crippen LogP contribution in [-0.2, 0) is 16.0 Å². The average Bonchev–Trinajstić information content (AvgIpc) is 3.43. The SMILES string of the molecule is CCCC(Oc1ccc2cc(C(=O)NCCc3c(C)[nH]c4c(F)ccc(C)c34)[nH]c2c1)C(=O)OCC. The van der Waals surface area contributed by atoms with Crippen molar-refractivity contribution in [1.29, 1.82) is 0 Å². The number of H-pyrrole nitrogens is 2. The van der Waals surface area contributed by atoms with Crippen molar-refractivity contribution in [3.8, 4) is 5.75 Å². The van der Waals surface area contributed by atoms with E-state index in [1.165, 1.54) is 6.07 Å². The number of benzene rings is 2. The summed E-state index contributed by atoms with van der Waals surface area (Å²) in [6.45, 7) is 8.32. The molecule has 1 atom stereocenters. The zero-order valence-electron chi connectivity index (χ0n) is 21.1. The number of aromatic nitrogens is 2. The lowest BCUT2D eigenvalue weighted by molar-refractivity contribution is -0.151. The Morgan fingerprint density at radius 3 is 2.64 bits per heavy atom. The third-order valence-corrected chi connectivity index (χ3v) is 6.31. The summed E-state index contributed by atoms with van der Waals surface area (Å²) in [4.78, 5) is 31.3. The van der Waals surface area contributed by atoms with Gasteiger partial charge < -0.3 is 24.8 Å². The molecular weight excluding hydrogens is 461 g/mol. The van der Waals surface area contributed by atoms with Gasteiger partial charge in [-0.15, -0.1) is 0 Å². The molecule has 1 unspecified atom stereocenters. The molecule has 2 aromatic heterocycles. The van der Waals surface area contributed by atoms with E-state index in [4.69, 9.17) is 9.47 Å². The third kappa shape index (κ3) is 5.22. The van der Waals surface area contributed by atoms with Crippen molar-refractivity contribution in [3.63, 3.8) is 0 Å². The van der Waals surface area contributed by atoms with Gasteiger partial charge in [0.25, 0.3) is 5.91 Å². The van der Waals surface area contributed by atoms with Crippen LogP contribution in [0, 0.1) is 19.7 Å². The second-order valence-corrected chi connectivity index (χ2v) is 8.93. The topological polar surface area (TPSA) is 96.2 Å². The lowest BCUT2D eigenvalue weighted by Crippen LogP contribution is -2.29. The number of carbonyl (C=O) groups excluding carboxylic acids is 2. The van der Waals surface area contributed by atoms with Crippen LogP contribution in [0.4, 0.5) is 4.39 Å². The van der Waals surface area contributed by atoms with E-state index < -0.39 is 6.10 Å². The predicted molar refractivity (Wildman–Crippen MR) is 138 cm³/mol. The van der Waals surface area contributed by atoms with Crippen LogP contribution in [0.25, 0.3) is 21.8 Å². The number of hydrogen-bond acceptors (Lipinski definition) is 4. The van der Waals surface area contributed by atoms with Crippen molar-refractivity contribution < 1.29 is 23.5 Å². The molecule has 7 nitrogen and oxygen atoms in total. The van der Waals surface area contributed by atoms with Gasteiger partial charge in [0.15, 0.2) is 6.10 Å². The minimum Gasteiger partial charge on any atom is -0.479 e. The summed E-state index contributed by atoms with van der Waals surface area (Å²) in [5.41, 5.74) is 4.56. The normalized spacial score (nSPS) is 12.1. The van der Waals surface area contributed by atoms with Gasteiger partial charge in [-0.05, 0) is 69.0 Å². The predicted octanol–water partition coefficient (Wildman–Crippen LogP) is 5.49. The van der Waals surface area contributed by atoms with Crippen LogP contribution in [0.2, 0.25) is 0 Å². The number of esters is 1. The fourth-order valence-corrected chi connectivity index (χ4v) is 4.54. The minimum atomic E-state index is -0.671. The number of fused-ring (bicyclic) bond motifs is 2. The molecule has 0 aliphatic rings. The number of aromatic amines is 2. The third-order valence-electron chi connectivity index (χ3n) is 6.31. The largest absolute Gasteiger partial charge is 0.479 e. The fraction of sp³-hybridized carbons (Fsp3) is 0.357. The Hall–Kier alpha value is -3.81. The van der Waals surface area contributed by atoms with Gasteiger partial charge in [-0.1, -0.05) is 19.4 Å². The molecule has 8 heteroatoms. The Balaban J connectivity index is 1.43. The first-order valence-electron chi connectivity index (χ1n) is 12.3. The van der Waals surface area contributed by atoms with Gasteiger partial charge in [-0.25, -0.2) is 9.18 Å². The summed E-state index contributed by atoms with van der Waals surface area (Å²) in [5.74, 6) is -0.363. The van der Waals surface area contributed by atoms with E-state index in [-0.39, 0.29) is 17.7 Å². The van der Waals surface area contributed by atoms with Crippen LogP contribution in [0.3, 0.4) is 0 Å². The standard InChI is InChI=1S/C28H32FN3O4/c1-5-7-24(28(34)35-6-2)36-19-10-9-18-14-23(32-22(18)15-19)27(33)30-13-12-20-17(4)31-26-21(29)11-8-16(3)25(20)26/h8-11,14-15,24,31-32H,5-7,12-13H2,1-4H3,(H,30,33). The molecule has 2 heterocycles. The highest BCUT2D eigenvalue weighted by molar-refractivity contribution is 5.98. The molecule has 3 N–H and O–H groups in total. The van der Waals surface area contributed by atoms with E-state index in [0.717, 1.165) is 39.5 Å². The molecule has 2 aromatic carbocycles. The maximum atomic E-state index is 14.2. The molecule has 0 saturated carbocycles. The summed E-state index contributed by atoms with van der Waals surface area (Å²) in [6, 6.07) is 10.4. The summed E-state index contributed by atoms with van der Waals surface area (Å²) in [7, 11) is 0. The Morgan fingerprint density at radius 1 is 1.08 bits per heavy atom. The number of amides is 1. The van der Waals surface area contributed by atoms with Crippen LogP contribution in [0.1, 0.15) is 54.0 Å². The molecule has 0 radical (unpaired) electrons. The smallest absolute Gasteiger partial charge is 0.347 e. The van der Waals surface area contributed by atoms with Gasteiger partial charge in [-0.3, -0.25) is 4.79 Å². The van der Waals surface area contributed by atoms with Gasteiger partial charge in [0, 0.05) is 34.6 Å². The van der Waals surface area contributed by atoms with Crippen LogP contribution in [0.5, 0.6) is 5.75 Å². The second kappa shape index (κ2) is 10.8. The molecule has 0 aliphatic heterocycles. The molecule has 4 rings (SSSR count). The molecular formula is C28H32FN3O4. The Morgan fingerprint density at radius 2 is 1.89 bits per heavy atom. The molecule has 0 fully saturated rings. The average molecular weight is 494 g/mol. The summed E-state index contributed by atoms with van der Waals surface area (Å²) >= 11 is 0. The van der Waals surface area contributed by atoms with Gasteiger partial charge >= 0.3 is 5.97 Å². The second-order valence-electron chi connectivity index (χ2n) is 8.93. The lowest BCUT2D eigenvalue weighted by atomic mass is 10.0. The van der Waals surface area contributed by atoms with Gasteiger partial charge in [0.05, 0.1) is 12.1 Å². The molecule has 4 aromatic rings.